The van der Waals surface area contributed by atoms with Gasteiger partial charge < -0.3 is 10.6 Å². The molecule has 1 atom stereocenters. The Morgan fingerprint density at radius 3 is 2.69 bits per heavy atom. The lowest BCUT2D eigenvalue weighted by Gasteiger charge is -2.22. The summed E-state index contributed by atoms with van der Waals surface area (Å²) in [7, 11) is 0. The van der Waals surface area contributed by atoms with Crippen molar-refractivity contribution in [2.45, 2.75) is 58.0 Å². The number of hydrogen-bond acceptors (Lipinski definition) is 2. The van der Waals surface area contributed by atoms with Gasteiger partial charge >= 0.3 is 0 Å². The summed E-state index contributed by atoms with van der Waals surface area (Å²) >= 11 is 0. The molecule has 1 rings (SSSR count). The van der Waals surface area contributed by atoms with E-state index in [1.54, 1.807) is 0 Å². The van der Waals surface area contributed by atoms with Crippen molar-refractivity contribution in [3.05, 3.63) is 0 Å². The summed E-state index contributed by atoms with van der Waals surface area (Å²) in [5, 5.41) is 7.20. The first-order valence-electron chi connectivity index (χ1n) is 5.83. The van der Waals surface area contributed by atoms with Crippen molar-refractivity contribution in [3.63, 3.8) is 0 Å². The first kappa shape index (κ1) is 11.0. The van der Waals surface area contributed by atoms with Crippen molar-refractivity contribution >= 4 is 0 Å². The molecule has 1 aliphatic heterocycles. The molecule has 0 aromatic heterocycles. The van der Waals surface area contributed by atoms with E-state index in [0.717, 1.165) is 12.1 Å². The van der Waals surface area contributed by atoms with Gasteiger partial charge in [0.1, 0.15) is 0 Å². The Bertz CT molecular complexity index is 113. The van der Waals surface area contributed by atoms with E-state index in [4.69, 9.17) is 0 Å². The lowest BCUT2D eigenvalue weighted by Crippen LogP contribution is -2.38. The van der Waals surface area contributed by atoms with Gasteiger partial charge in [-0.05, 0) is 45.2 Å². The van der Waals surface area contributed by atoms with Crippen LogP contribution in [0.3, 0.4) is 0 Å². The minimum atomic E-state index is 0.739. The molecular weight excluding hydrogens is 160 g/mol. The molecule has 2 nitrogen and oxygen atoms in total. The van der Waals surface area contributed by atoms with E-state index in [1.807, 2.05) is 0 Å². The largest absolute Gasteiger partial charge is 0.317 e. The van der Waals surface area contributed by atoms with Crippen molar-refractivity contribution in [2.24, 2.45) is 0 Å². The van der Waals surface area contributed by atoms with Gasteiger partial charge in [-0.15, -0.1) is 0 Å². The van der Waals surface area contributed by atoms with Crippen LogP contribution < -0.4 is 10.6 Å². The maximum absolute atomic E-state index is 3.76. The van der Waals surface area contributed by atoms with E-state index in [-0.39, 0.29) is 0 Å². The fraction of sp³-hybridized carbons (Fsp3) is 1.00. The smallest absolute Gasteiger partial charge is 0.00822 e. The van der Waals surface area contributed by atoms with Crippen LogP contribution >= 0.6 is 0 Å². The lowest BCUT2D eigenvalue weighted by molar-refractivity contribution is 0.383. The van der Waals surface area contributed by atoms with Gasteiger partial charge in [0.15, 0.2) is 0 Å². The third kappa shape index (κ3) is 4.10. The topological polar surface area (TPSA) is 24.1 Å². The Labute approximate surface area is 82.5 Å². The Morgan fingerprint density at radius 1 is 1.23 bits per heavy atom. The fourth-order valence-corrected chi connectivity index (χ4v) is 2.04. The van der Waals surface area contributed by atoms with Gasteiger partial charge in [0.2, 0.25) is 0 Å². The monoisotopic (exact) mass is 184 g/mol. The normalized spacial score (nSPS) is 24.7. The zero-order chi connectivity index (χ0) is 9.52. The third-order valence-corrected chi connectivity index (χ3v) is 3.03. The molecule has 0 aromatic rings. The predicted molar refractivity (Wildman–Crippen MR) is 58.0 cm³/mol. The second-order valence-corrected chi connectivity index (χ2v) is 4.06. The van der Waals surface area contributed by atoms with Gasteiger partial charge in [0.05, 0.1) is 0 Å². The van der Waals surface area contributed by atoms with Crippen molar-refractivity contribution in [3.8, 4) is 0 Å². The van der Waals surface area contributed by atoms with Gasteiger partial charge in [-0.1, -0.05) is 13.8 Å². The van der Waals surface area contributed by atoms with Gasteiger partial charge in [0.25, 0.3) is 0 Å². The van der Waals surface area contributed by atoms with Crippen LogP contribution in [0, 0.1) is 0 Å². The van der Waals surface area contributed by atoms with E-state index in [1.165, 1.54) is 45.2 Å². The highest BCUT2D eigenvalue weighted by molar-refractivity contribution is 4.76. The summed E-state index contributed by atoms with van der Waals surface area (Å²) in [6.07, 6.45) is 6.51. The van der Waals surface area contributed by atoms with Crippen LogP contribution in [0.1, 0.15) is 46.0 Å². The van der Waals surface area contributed by atoms with Crippen molar-refractivity contribution in [1.82, 2.24) is 10.6 Å². The minimum Gasteiger partial charge on any atom is -0.317 e. The van der Waals surface area contributed by atoms with Gasteiger partial charge in [-0.2, -0.15) is 0 Å². The SMILES string of the molecule is CCC(CC)NC1CCCNCC1. The van der Waals surface area contributed by atoms with Gasteiger partial charge in [0, 0.05) is 12.1 Å². The highest BCUT2D eigenvalue weighted by atomic mass is 15.0. The Kier molecular flexibility index (Phi) is 5.40. The molecule has 1 heterocycles. The highest BCUT2D eigenvalue weighted by Crippen LogP contribution is 2.08. The maximum atomic E-state index is 3.76. The highest BCUT2D eigenvalue weighted by Gasteiger charge is 2.14. The van der Waals surface area contributed by atoms with Crippen LogP contribution in [-0.4, -0.2) is 25.2 Å². The van der Waals surface area contributed by atoms with Crippen LogP contribution in [-0.2, 0) is 0 Å². The zero-order valence-electron chi connectivity index (χ0n) is 9.10. The second kappa shape index (κ2) is 6.39. The zero-order valence-corrected chi connectivity index (χ0v) is 9.10. The second-order valence-electron chi connectivity index (χ2n) is 4.06. The van der Waals surface area contributed by atoms with E-state index >= 15 is 0 Å². The fourth-order valence-electron chi connectivity index (χ4n) is 2.04. The molecule has 0 bridgehead atoms. The van der Waals surface area contributed by atoms with Crippen molar-refractivity contribution in [1.29, 1.82) is 0 Å². The summed E-state index contributed by atoms with van der Waals surface area (Å²) in [5.41, 5.74) is 0. The standard InChI is InChI=1S/C11H24N2/c1-3-10(4-2)13-11-6-5-8-12-9-7-11/h10-13H,3-9H2,1-2H3. The summed E-state index contributed by atoms with van der Waals surface area (Å²) < 4.78 is 0. The van der Waals surface area contributed by atoms with Crippen molar-refractivity contribution in [2.75, 3.05) is 13.1 Å². The average molecular weight is 184 g/mol. The quantitative estimate of drug-likeness (QED) is 0.697. The van der Waals surface area contributed by atoms with E-state index in [9.17, 15) is 0 Å². The number of hydrogen-bond donors (Lipinski definition) is 2. The molecular formula is C11H24N2. The molecule has 0 amide bonds. The van der Waals surface area contributed by atoms with Crippen LogP contribution in [0.5, 0.6) is 0 Å². The molecule has 0 aliphatic carbocycles. The molecule has 1 unspecified atom stereocenters. The molecule has 1 saturated heterocycles. The summed E-state index contributed by atoms with van der Waals surface area (Å²) in [6.45, 7) is 6.95. The van der Waals surface area contributed by atoms with Crippen molar-refractivity contribution < 1.29 is 0 Å². The first-order chi connectivity index (χ1) is 6.36. The molecule has 1 aliphatic rings. The number of rotatable bonds is 4. The maximum Gasteiger partial charge on any atom is 0.00822 e. The predicted octanol–water partition coefficient (Wildman–Crippen LogP) is 1.91. The van der Waals surface area contributed by atoms with Crippen LogP contribution in [0.4, 0.5) is 0 Å². The molecule has 78 valence electrons. The van der Waals surface area contributed by atoms with E-state index < -0.39 is 0 Å². The van der Waals surface area contributed by atoms with Crippen LogP contribution in [0.25, 0.3) is 0 Å². The van der Waals surface area contributed by atoms with Gasteiger partial charge in [-0.3, -0.25) is 0 Å². The minimum absolute atomic E-state index is 0.739. The van der Waals surface area contributed by atoms with Gasteiger partial charge in [-0.25, -0.2) is 0 Å². The third-order valence-electron chi connectivity index (χ3n) is 3.03. The number of nitrogens with one attached hydrogen (secondary N) is 2. The molecule has 2 heteroatoms. The van der Waals surface area contributed by atoms with Crippen LogP contribution in [0.2, 0.25) is 0 Å². The molecule has 0 radical (unpaired) electrons. The average Bonchev–Trinajstić information content (AvgIpc) is 2.42. The Balaban J connectivity index is 2.24. The van der Waals surface area contributed by atoms with E-state index in [0.29, 0.717) is 0 Å². The summed E-state index contributed by atoms with van der Waals surface area (Å²) in [6, 6.07) is 1.50. The molecule has 0 saturated carbocycles. The lowest BCUT2D eigenvalue weighted by atomic mass is 10.1. The first-order valence-corrected chi connectivity index (χ1v) is 5.83. The summed E-state index contributed by atoms with van der Waals surface area (Å²) in [5.74, 6) is 0. The molecule has 2 N–H and O–H groups in total. The Hall–Kier alpha value is -0.0800. The van der Waals surface area contributed by atoms with E-state index in [2.05, 4.69) is 24.5 Å². The summed E-state index contributed by atoms with van der Waals surface area (Å²) in [4.78, 5) is 0. The molecule has 0 aromatic carbocycles. The molecule has 13 heavy (non-hydrogen) atoms. The molecule has 1 fully saturated rings. The molecule has 0 spiro atoms. The van der Waals surface area contributed by atoms with Crippen LogP contribution in [0.15, 0.2) is 0 Å². The Morgan fingerprint density at radius 2 is 2.00 bits per heavy atom.